The number of aliphatic hydroxyl groups is 1. The molecular formula is C8H8BrFN2O3. The van der Waals surface area contributed by atoms with Gasteiger partial charge in [0.05, 0.1) is 22.1 Å². The number of nitro benzene ring substituents is 1. The predicted molar refractivity (Wildman–Crippen MR) is 56.3 cm³/mol. The van der Waals surface area contributed by atoms with Crippen LogP contribution >= 0.6 is 15.9 Å². The molecule has 0 aromatic heterocycles. The van der Waals surface area contributed by atoms with Gasteiger partial charge in [-0.2, -0.15) is 0 Å². The van der Waals surface area contributed by atoms with E-state index < -0.39 is 10.7 Å². The number of nitro groups is 1. The molecule has 82 valence electrons. The van der Waals surface area contributed by atoms with Crippen LogP contribution in [0.1, 0.15) is 0 Å². The van der Waals surface area contributed by atoms with Crippen LogP contribution in [-0.2, 0) is 0 Å². The molecule has 7 heteroatoms. The van der Waals surface area contributed by atoms with Gasteiger partial charge in [0, 0.05) is 6.54 Å². The molecule has 0 saturated carbocycles. The van der Waals surface area contributed by atoms with Gasteiger partial charge in [-0.15, -0.1) is 0 Å². The molecule has 0 radical (unpaired) electrons. The van der Waals surface area contributed by atoms with E-state index in [0.29, 0.717) is 0 Å². The zero-order valence-corrected chi connectivity index (χ0v) is 9.12. The van der Waals surface area contributed by atoms with Gasteiger partial charge in [0.1, 0.15) is 11.5 Å². The fourth-order valence-electron chi connectivity index (χ4n) is 1.02. The maximum absolute atomic E-state index is 13.0. The van der Waals surface area contributed by atoms with E-state index in [1.165, 1.54) is 6.07 Å². The normalized spacial score (nSPS) is 10.1. The molecule has 0 bridgehead atoms. The van der Waals surface area contributed by atoms with E-state index in [0.717, 1.165) is 6.07 Å². The van der Waals surface area contributed by atoms with Crippen molar-refractivity contribution in [3.05, 3.63) is 32.5 Å². The number of hydrogen-bond donors (Lipinski definition) is 2. The highest BCUT2D eigenvalue weighted by molar-refractivity contribution is 9.10. The van der Waals surface area contributed by atoms with Gasteiger partial charge < -0.3 is 10.4 Å². The van der Waals surface area contributed by atoms with Crippen LogP contribution < -0.4 is 5.32 Å². The monoisotopic (exact) mass is 278 g/mol. The molecule has 1 rings (SSSR count). The summed E-state index contributed by atoms with van der Waals surface area (Å²) in [5, 5.41) is 21.8. The predicted octanol–water partition coefficient (Wildman–Crippen LogP) is 1.90. The van der Waals surface area contributed by atoms with E-state index in [1.54, 1.807) is 0 Å². The highest BCUT2D eigenvalue weighted by Gasteiger charge is 2.16. The topological polar surface area (TPSA) is 75.4 Å². The summed E-state index contributed by atoms with van der Waals surface area (Å²) < 4.78 is 13.1. The smallest absolute Gasteiger partial charge is 0.295 e. The molecule has 0 fully saturated rings. The van der Waals surface area contributed by atoms with Crippen molar-refractivity contribution in [3.63, 3.8) is 0 Å². The van der Waals surface area contributed by atoms with Gasteiger partial charge in [0.25, 0.3) is 5.69 Å². The summed E-state index contributed by atoms with van der Waals surface area (Å²) in [6.45, 7) is 0.00502. The fraction of sp³-hybridized carbons (Fsp3) is 0.250. The molecule has 0 aliphatic carbocycles. The number of hydrogen-bond acceptors (Lipinski definition) is 4. The van der Waals surface area contributed by atoms with E-state index in [9.17, 15) is 14.5 Å². The number of nitrogens with one attached hydrogen (secondary N) is 1. The molecule has 0 amide bonds. The molecule has 0 unspecified atom stereocenters. The van der Waals surface area contributed by atoms with Crippen molar-refractivity contribution in [3.8, 4) is 0 Å². The second-order valence-corrected chi connectivity index (χ2v) is 3.55. The number of aliphatic hydroxyl groups excluding tert-OH is 1. The lowest BCUT2D eigenvalue weighted by atomic mass is 10.2. The Kier molecular flexibility index (Phi) is 3.98. The molecule has 1 aromatic rings. The zero-order valence-electron chi connectivity index (χ0n) is 7.54. The summed E-state index contributed by atoms with van der Waals surface area (Å²) in [5.74, 6) is -0.698. The third-order valence-corrected chi connectivity index (χ3v) is 2.27. The summed E-state index contributed by atoms with van der Waals surface area (Å²) in [6.07, 6.45) is 0. The van der Waals surface area contributed by atoms with Crippen LogP contribution in [-0.4, -0.2) is 23.2 Å². The van der Waals surface area contributed by atoms with Gasteiger partial charge in [-0.1, -0.05) is 0 Å². The molecule has 5 nitrogen and oxygen atoms in total. The summed E-state index contributed by atoms with van der Waals surface area (Å²) in [7, 11) is 0. The Morgan fingerprint density at radius 3 is 2.80 bits per heavy atom. The quantitative estimate of drug-likeness (QED) is 0.652. The highest BCUT2D eigenvalue weighted by atomic mass is 79.9. The molecule has 15 heavy (non-hydrogen) atoms. The minimum atomic E-state index is -0.698. The number of rotatable bonds is 4. The Balaban J connectivity index is 3.10. The van der Waals surface area contributed by atoms with Crippen LogP contribution in [0.2, 0.25) is 0 Å². The number of benzene rings is 1. The number of anilines is 1. The van der Waals surface area contributed by atoms with Crippen LogP contribution in [0.5, 0.6) is 0 Å². The maximum atomic E-state index is 13.0. The van der Waals surface area contributed by atoms with E-state index in [4.69, 9.17) is 5.11 Å². The molecule has 0 aliphatic heterocycles. The van der Waals surface area contributed by atoms with Crippen molar-refractivity contribution < 1.29 is 14.4 Å². The Bertz CT molecular complexity index is 386. The Morgan fingerprint density at radius 2 is 2.27 bits per heavy atom. The van der Waals surface area contributed by atoms with Crippen LogP contribution in [0.4, 0.5) is 15.8 Å². The van der Waals surface area contributed by atoms with Crippen LogP contribution in [0, 0.1) is 15.9 Å². The number of halogens is 2. The van der Waals surface area contributed by atoms with Crippen LogP contribution in [0.25, 0.3) is 0 Å². The molecule has 0 atom stereocenters. The second kappa shape index (κ2) is 5.04. The number of nitrogens with zero attached hydrogens (tertiary/aromatic N) is 1. The van der Waals surface area contributed by atoms with E-state index in [1.807, 2.05) is 0 Å². The first-order valence-corrected chi connectivity index (χ1v) is 4.83. The van der Waals surface area contributed by atoms with E-state index in [2.05, 4.69) is 21.2 Å². The van der Waals surface area contributed by atoms with Crippen molar-refractivity contribution in [2.24, 2.45) is 0 Å². The summed E-state index contributed by atoms with van der Waals surface area (Å²) in [4.78, 5) is 9.88. The third-order valence-electron chi connectivity index (χ3n) is 1.66. The van der Waals surface area contributed by atoms with Crippen molar-refractivity contribution in [2.75, 3.05) is 18.5 Å². The molecule has 0 spiro atoms. The molecule has 0 saturated heterocycles. The first-order valence-electron chi connectivity index (χ1n) is 4.04. The van der Waals surface area contributed by atoms with Crippen molar-refractivity contribution in [2.45, 2.75) is 0 Å². The van der Waals surface area contributed by atoms with Gasteiger partial charge in [-0.25, -0.2) is 4.39 Å². The first kappa shape index (κ1) is 11.9. The minimum Gasteiger partial charge on any atom is -0.395 e. The van der Waals surface area contributed by atoms with Gasteiger partial charge >= 0.3 is 0 Å². The molecule has 1 aromatic carbocycles. The molecule has 0 heterocycles. The summed E-state index contributed by atoms with van der Waals surface area (Å²) in [5.41, 5.74) is -0.188. The van der Waals surface area contributed by atoms with Gasteiger partial charge in [0.15, 0.2) is 0 Å². The summed E-state index contributed by atoms with van der Waals surface area (Å²) in [6, 6.07) is 2.09. The highest BCUT2D eigenvalue weighted by Crippen LogP contribution is 2.30. The summed E-state index contributed by atoms with van der Waals surface area (Å²) >= 11 is 2.92. The SMILES string of the molecule is O=[N+]([O-])c1cc(F)c(Br)cc1NCCO. The molecular weight excluding hydrogens is 271 g/mol. The Hall–Kier alpha value is -1.21. The van der Waals surface area contributed by atoms with Crippen molar-refractivity contribution >= 4 is 27.3 Å². The van der Waals surface area contributed by atoms with Crippen molar-refractivity contribution in [1.29, 1.82) is 0 Å². The lowest BCUT2D eigenvalue weighted by molar-refractivity contribution is -0.384. The van der Waals surface area contributed by atoms with E-state index >= 15 is 0 Å². The average Bonchev–Trinajstić information content (AvgIpc) is 2.19. The molecule has 2 N–H and O–H groups in total. The molecule has 0 aliphatic rings. The third kappa shape index (κ3) is 2.87. The fourth-order valence-corrected chi connectivity index (χ4v) is 1.36. The maximum Gasteiger partial charge on any atom is 0.295 e. The van der Waals surface area contributed by atoms with Gasteiger partial charge in [0.2, 0.25) is 0 Å². The second-order valence-electron chi connectivity index (χ2n) is 2.69. The minimum absolute atomic E-state index is 0.133. The largest absolute Gasteiger partial charge is 0.395 e. The average molecular weight is 279 g/mol. The van der Waals surface area contributed by atoms with Crippen LogP contribution in [0.3, 0.4) is 0 Å². The Labute approximate surface area is 93.2 Å². The lowest BCUT2D eigenvalue weighted by Gasteiger charge is -2.06. The van der Waals surface area contributed by atoms with Gasteiger partial charge in [-0.05, 0) is 22.0 Å². The van der Waals surface area contributed by atoms with Crippen molar-refractivity contribution in [1.82, 2.24) is 0 Å². The zero-order chi connectivity index (χ0) is 11.4. The standard InChI is InChI=1S/C8H8BrFN2O3/c9-5-3-7(11-1-2-13)8(12(14)15)4-6(5)10/h3-4,11,13H,1-2H2. The first-order chi connectivity index (χ1) is 7.06. The van der Waals surface area contributed by atoms with E-state index in [-0.39, 0.29) is 29.0 Å². The van der Waals surface area contributed by atoms with Gasteiger partial charge in [-0.3, -0.25) is 10.1 Å². The van der Waals surface area contributed by atoms with Crippen LogP contribution in [0.15, 0.2) is 16.6 Å². The Morgan fingerprint density at radius 1 is 1.60 bits per heavy atom. The lowest BCUT2D eigenvalue weighted by Crippen LogP contribution is -2.07.